The number of hydrogen-bond acceptors (Lipinski definition) is 1. The van der Waals surface area contributed by atoms with E-state index in [0.29, 0.717) is 0 Å². The average molecular weight is 154 g/mol. The molecule has 0 heterocycles. The lowest BCUT2D eigenvalue weighted by atomic mass is 10.1. The zero-order valence-electron chi connectivity index (χ0n) is 7.76. The first-order chi connectivity index (χ1) is 5.20. The van der Waals surface area contributed by atoms with Crippen LogP contribution < -0.4 is 0 Å². The van der Waals surface area contributed by atoms with E-state index in [1.165, 1.54) is 5.57 Å². The smallest absolute Gasteiger partial charge is 0.122 e. The van der Waals surface area contributed by atoms with E-state index < -0.39 is 0 Å². The maximum atomic E-state index is 10.2. The average Bonchev–Trinajstić information content (AvgIpc) is 2.04. The first-order valence-electron chi connectivity index (χ1n) is 4.31. The Bertz CT molecular complexity index is 136. The molecule has 0 radical (unpaired) electrons. The zero-order valence-corrected chi connectivity index (χ0v) is 7.76. The van der Waals surface area contributed by atoms with Gasteiger partial charge < -0.3 is 4.79 Å². The minimum atomic E-state index is 0.218. The molecule has 0 aromatic rings. The minimum absolute atomic E-state index is 0.218. The van der Waals surface area contributed by atoms with Crippen molar-refractivity contribution in [3.63, 3.8) is 0 Å². The largest absolute Gasteiger partial charge is 0.303 e. The van der Waals surface area contributed by atoms with Crippen LogP contribution in [-0.2, 0) is 4.79 Å². The van der Waals surface area contributed by atoms with Crippen LogP contribution in [0.1, 0.15) is 40.0 Å². The maximum Gasteiger partial charge on any atom is 0.122 e. The summed E-state index contributed by atoms with van der Waals surface area (Å²) >= 11 is 0. The molecule has 0 spiro atoms. The number of allylic oxidation sites excluding steroid dienone is 2. The number of carbonyl (C=O) groups excluding carboxylic acids is 1. The second kappa shape index (κ2) is 6.14. The summed E-state index contributed by atoms with van der Waals surface area (Å²) in [5, 5.41) is 0. The quantitative estimate of drug-likeness (QED) is 0.439. The van der Waals surface area contributed by atoms with Crippen LogP contribution in [0.15, 0.2) is 11.6 Å². The first kappa shape index (κ1) is 10.4. The standard InChI is InChI=1S/C10H18O/c1-4-9(2)6-5-7-10(3)8-11/h6,8,10H,4-5,7H2,1-3H3/b9-6+/t10-/m1/s1. The maximum absolute atomic E-state index is 10.2. The Morgan fingerprint density at radius 2 is 2.18 bits per heavy atom. The van der Waals surface area contributed by atoms with Crippen LogP contribution in [0.3, 0.4) is 0 Å². The molecule has 1 nitrogen and oxygen atoms in total. The lowest BCUT2D eigenvalue weighted by Crippen LogP contribution is -1.93. The van der Waals surface area contributed by atoms with E-state index in [9.17, 15) is 4.79 Å². The van der Waals surface area contributed by atoms with Gasteiger partial charge in [-0.15, -0.1) is 0 Å². The van der Waals surface area contributed by atoms with Gasteiger partial charge in [0.15, 0.2) is 0 Å². The minimum Gasteiger partial charge on any atom is -0.303 e. The Kier molecular flexibility index (Phi) is 5.81. The molecule has 0 aromatic carbocycles. The van der Waals surface area contributed by atoms with Crippen LogP contribution in [0, 0.1) is 5.92 Å². The van der Waals surface area contributed by atoms with Gasteiger partial charge in [-0.2, -0.15) is 0 Å². The van der Waals surface area contributed by atoms with Crippen molar-refractivity contribution in [2.75, 3.05) is 0 Å². The van der Waals surface area contributed by atoms with Gasteiger partial charge in [-0.3, -0.25) is 0 Å². The zero-order chi connectivity index (χ0) is 8.69. The highest BCUT2D eigenvalue weighted by Gasteiger charge is 1.96. The molecule has 11 heavy (non-hydrogen) atoms. The fourth-order valence-corrected chi connectivity index (χ4v) is 0.805. The molecular weight excluding hydrogens is 136 g/mol. The monoisotopic (exact) mass is 154 g/mol. The van der Waals surface area contributed by atoms with Gasteiger partial charge in [-0.05, 0) is 26.2 Å². The molecule has 1 heteroatoms. The fourth-order valence-electron chi connectivity index (χ4n) is 0.805. The summed E-state index contributed by atoms with van der Waals surface area (Å²) < 4.78 is 0. The number of hydrogen-bond donors (Lipinski definition) is 0. The summed E-state index contributed by atoms with van der Waals surface area (Å²) in [5.74, 6) is 0.218. The summed E-state index contributed by atoms with van der Waals surface area (Å²) in [7, 11) is 0. The van der Waals surface area contributed by atoms with Gasteiger partial charge >= 0.3 is 0 Å². The third-order valence-corrected chi connectivity index (χ3v) is 1.90. The van der Waals surface area contributed by atoms with Crippen LogP contribution in [0.4, 0.5) is 0 Å². The van der Waals surface area contributed by atoms with Crippen molar-refractivity contribution < 1.29 is 4.79 Å². The van der Waals surface area contributed by atoms with Crippen molar-refractivity contribution in [1.29, 1.82) is 0 Å². The Morgan fingerprint density at radius 3 is 2.64 bits per heavy atom. The van der Waals surface area contributed by atoms with Crippen molar-refractivity contribution in [3.05, 3.63) is 11.6 Å². The van der Waals surface area contributed by atoms with Crippen molar-refractivity contribution in [2.45, 2.75) is 40.0 Å². The van der Waals surface area contributed by atoms with E-state index in [0.717, 1.165) is 25.5 Å². The first-order valence-corrected chi connectivity index (χ1v) is 4.31. The van der Waals surface area contributed by atoms with Gasteiger partial charge in [0.2, 0.25) is 0 Å². The van der Waals surface area contributed by atoms with Crippen LogP contribution in [-0.4, -0.2) is 6.29 Å². The molecule has 0 aliphatic rings. The van der Waals surface area contributed by atoms with Gasteiger partial charge in [0.1, 0.15) is 6.29 Å². The fraction of sp³-hybridized carbons (Fsp3) is 0.700. The highest BCUT2D eigenvalue weighted by atomic mass is 16.1. The van der Waals surface area contributed by atoms with Crippen molar-refractivity contribution in [2.24, 2.45) is 5.92 Å². The molecule has 0 saturated carbocycles. The van der Waals surface area contributed by atoms with Gasteiger partial charge in [-0.25, -0.2) is 0 Å². The topological polar surface area (TPSA) is 17.1 Å². The van der Waals surface area contributed by atoms with E-state index in [-0.39, 0.29) is 5.92 Å². The third-order valence-electron chi connectivity index (χ3n) is 1.90. The molecule has 0 rings (SSSR count). The molecule has 0 unspecified atom stereocenters. The Morgan fingerprint density at radius 1 is 1.55 bits per heavy atom. The van der Waals surface area contributed by atoms with Crippen molar-refractivity contribution in [1.82, 2.24) is 0 Å². The summed E-state index contributed by atoms with van der Waals surface area (Å²) in [6.45, 7) is 6.24. The van der Waals surface area contributed by atoms with Crippen LogP contribution >= 0.6 is 0 Å². The predicted octanol–water partition coefficient (Wildman–Crippen LogP) is 2.96. The van der Waals surface area contributed by atoms with Crippen molar-refractivity contribution >= 4 is 6.29 Å². The predicted molar refractivity (Wildman–Crippen MR) is 48.5 cm³/mol. The lowest BCUT2D eigenvalue weighted by molar-refractivity contribution is -0.110. The SMILES string of the molecule is CC/C(C)=C/CC[C@@H](C)C=O. The number of aldehydes is 1. The molecule has 0 bridgehead atoms. The normalized spacial score (nSPS) is 14.6. The molecule has 64 valence electrons. The Hall–Kier alpha value is -0.590. The molecule has 0 aliphatic carbocycles. The second-order valence-electron chi connectivity index (χ2n) is 3.09. The molecular formula is C10H18O. The summed E-state index contributed by atoms with van der Waals surface area (Å²) in [6, 6.07) is 0. The van der Waals surface area contributed by atoms with E-state index in [2.05, 4.69) is 19.9 Å². The van der Waals surface area contributed by atoms with E-state index >= 15 is 0 Å². The molecule has 0 saturated heterocycles. The Balaban J connectivity index is 3.47. The molecule has 0 fully saturated rings. The highest BCUT2D eigenvalue weighted by molar-refractivity contribution is 5.52. The van der Waals surface area contributed by atoms with Crippen LogP contribution in [0.5, 0.6) is 0 Å². The van der Waals surface area contributed by atoms with Crippen molar-refractivity contribution in [3.8, 4) is 0 Å². The molecule has 0 aliphatic heterocycles. The van der Waals surface area contributed by atoms with Crippen LogP contribution in [0.25, 0.3) is 0 Å². The summed E-state index contributed by atoms with van der Waals surface area (Å²) in [6.07, 6.45) is 6.39. The van der Waals surface area contributed by atoms with Crippen LogP contribution in [0.2, 0.25) is 0 Å². The second-order valence-corrected chi connectivity index (χ2v) is 3.09. The number of carbonyl (C=O) groups is 1. The van der Waals surface area contributed by atoms with E-state index in [1.807, 2.05) is 6.92 Å². The molecule has 0 amide bonds. The summed E-state index contributed by atoms with van der Waals surface area (Å²) in [4.78, 5) is 10.2. The number of rotatable bonds is 5. The van der Waals surface area contributed by atoms with Gasteiger partial charge in [-0.1, -0.05) is 25.5 Å². The highest BCUT2D eigenvalue weighted by Crippen LogP contribution is 2.06. The van der Waals surface area contributed by atoms with Gasteiger partial charge in [0, 0.05) is 5.92 Å². The summed E-state index contributed by atoms with van der Waals surface area (Å²) in [5.41, 5.74) is 1.42. The molecule has 0 aromatic heterocycles. The van der Waals surface area contributed by atoms with Gasteiger partial charge in [0.25, 0.3) is 0 Å². The van der Waals surface area contributed by atoms with Gasteiger partial charge in [0.05, 0.1) is 0 Å². The third kappa shape index (κ3) is 5.84. The van der Waals surface area contributed by atoms with E-state index in [1.54, 1.807) is 0 Å². The van der Waals surface area contributed by atoms with E-state index in [4.69, 9.17) is 0 Å². The lowest BCUT2D eigenvalue weighted by Gasteiger charge is -1.99. The molecule has 0 N–H and O–H groups in total. The molecule has 1 atom stereocenters. The Labute approximate surface area is 69.5 Å².